The fourth-order valence-corrected chi connectivity index (χ4v) is 2.87. The molecule has 2 aliphatic heterocycles. The number of piperidine rings is 1. The first-order valence-electron chi connectivity index (χ1n) is 9.59. The van der Waals surface area contributed by atoms with E-state index in [2.05, 4.69) is 16.0 Å². The molecule has 2 heterocycles. The number of imide groups is 1. The molecule has 6 nitrogen and oxygen atoms in total. The number of anilines is 2. The number of benzene rings is 1. The molecule has 27 heavy (non-hydrogen) atoms. The Morgan fingerprint density at radius 1 is 1.04 bits per heavy atom. The molecule has 3 rings (SSSR count). The van der Waals surface area contributed by atoms with Crippen LogP contribution in [0, 0.1) is 11.6 Å². The quantitative estimate of drug-likeness (QED) is 0.699. The lowest BCUT2D eigenvalue weighted by Gasteiger charge is -2.30. The third-order valence-electron chi connectivity index (χ3n) is 4.03. The average molecular weight is 384 g/mol. The van der Waals surface area contributed by atoms with Crippen LogP contribution in [0.1, 0.15) is 40.5 Å². The third kappa shape index (κ3) is 6.16. The molecule has 2 fully saturated rings. The number of amides is 2. The molecule has 152 valence electrons. The topological polar surface area (TPSA) is 73.5 Å². The summed E-state index contributed by atoms with van der Waals surface area (Å²) in [5, 5.41) is 8.11. The summed E-state index contributed by atoms with van der Waals surface area (Å²) < 4.78 is 28.6. The largest absolute Gasteiger partial charge is 0.373 e. The SMILES string of the molecule is CC.CC.O=C1CCC(Nc2cc(F)c(N3CCNCC3)c(F)c2)C(=O)N1. The van der Waals surface area contributed by atoms with Crippen molar-refractivity contribution in [3.63, 3.8) is 0 Å². The number of nitrogens with one attached hydrogen (secondary N) is 3. The Bertz CT molecular complexity index is 611. The van der Waals surface area contributed by atoms with E-state index in [-0.39, 0.29) is 23.7 Å². The van der Waals surface area contributed by atoms with Crippen LogP contribution in [0.4, 0.5) is 20.2 Å². The first-order chi connectivity index (χ1) is 13.0. The number of carbonyl (C=O) groups excluding carboxylic acids is 2. The summed E-state index contributed by atoms with van der Waals surface area (Å²) in [6, 6.07) is 1.70. The highest BCUT2D eigenvalue weighted by molar-refractivity contribution is 6.01. The highest BCUT2D eigenvalue weighted by Gasteiger charge is 2.27. The van der Waals surface area contributed by atoms with E-state index < -0.39 is 23.6 Å². The van der Waals surface area contributed by atoms with Crippen molar-refractivity contribution in [2.24, 2.45) is 0 Å². The zero-order valence-corrected chi connectivity index (χ0v) is 16.5. The molecule has 2 saturated heterocycles. The minimum absolute atomic E-state index is 0.0414. The van der Waals surface area contributed by atoms with Gasteiger partial charge in [0, 0.05) is 38.3 Å². The van der Waals surface area contributed by atoms with Gasteiger partial charge in [0.1, 0.15) is 11.7 Å². The van der Waals surface area contributed by atoms with Gasteiger partial charge in [-0.1, -0.05) is 27.7 Å². The van der Waals surface area contributed by atoms with E-state index in [1.807, 2.05) is 27.7 Å². The van der Waals surface area contributed by atoms with Crippen LogP contribution in [0.3, 0.4) is 0 Å². The molecule has 1 unspecified atom stereocenters. The number of rotatable bonds is 3. The van der Waals surface area contributed by atoms with Crippen LogP contribution in [0.25, 0.3) is 0 Å². The maximum atomic E-state index is 14.3. The summed E-state index contributed by atoms with van der Waals surface area (Å²) in [7, 11) is 0. The van der Waals surface area contributed by atoms with E-state index in [1.165, 1.54) is 12.1 Å². The molecule has 8 heteroatoms. The summed E-state index contributed by atoms with van der Waals surface area (Å²) in [5.74, 6) is -2.14. The van der Waals surface area contributed by atoms with E-state index in [1.54, 1.807) is 4.90 Å². The minimum atomic E-state index is -0.670. The minimum Gasteiger partial charge on any atom is -0.373 e. The van der Waals surface area contributed by atoms with Gasteiger partial charge in [-0.2, -0.15) is 0 Å². The van der Waals surface area contributed by atoms with E-state index in [4.69, 9.17) is 0 Å². The number of halogens is 2. The Balaban J connectivity index is 0.000000855. The first-order valence-corrected chi connectivity index (χ1v) is 9.59. The number of hydrogen-bond donors (Lipinski definition) is 3. The second-order valence-corrected chi connectivity index (χ2v) is 5.67. The van der Waals surface area contributed by atoms with Crippen molar-refractivity contribution in [1.29, 1.82) is 0 Å². The van der Waals surface area contributed by atoms with Crippen LogP contribution in [-0.2, 0) is 9.59 Å². The van der Waals surface area contributed by atoms with Crippen molar-refractivity contribution in [1.82, 2.24) is 10.6 Å². The zero-order chi connectivity index (χ0) is 20.4. The molecule has 0 spiro atoms. The third-order valence-corrected chi connectivity index (χ3v) is 4.03. The lowest BCUT2D eigenvalue weighted by Crippen LogP contribution is -2.47. The van der Waals surface area contributed by atoms with Crippen LogP contribution in [0.15, 0.2) is 12.1 Å². The summed E-state index contributed by atoms with van der Waals surface area (Å²) in [4.78, 5) is 24.5. The fourth-order valence-electron chi connectivity index (χ4n) is 2.87. The average Bonchev–Trinajstić information content (AvgIpc) is 2.68. The molecule has 1 aromatic rings. The smallest absolute Gasteiger partial charge is 0.249 e. The molecule has 2 amide bonds. The van der Waals surface area contributed by atoms with E-state index >= 15 is 0 Å². The molecule has 0 saturated carbocycles. The fraction of sp³-hybridized carbons (Fsp3) is 0.579. The van der Waals surface area contributed by atoms with Crippen molar-refractivity contribution < 1.29 is 18.4 Å². The summed E-state index contributed by atoms with van der Waals surface area (Å²) >= 11 is 0. The molecule has 2 aliphatic rings. The predicted molar refractivity (Wildman–Crippen MR) is 104 cm³/mol. The molecule has 0 aromatic heterocycles. The van der Waals surface area contributed by atoms with Crippen LogP contribution in [0.5, 0.6) is 0 Å². The molecule has 0 aliphatic carbocycles. The first kappa shape index (κ1) is 22.8. The second kappa shape index (κ2) is 11.5. The second-order valence-electron chi connectivity index (χ2n) is 5.67. The molecule has 3 N–H and O–H groups in total. The Labute approximate surface area is 159 Å². The van der Waals surface area contributed by atoms with Gasteiger partial charge in [0.05, 0.1) is 0 Å². The number of nitrogens with zero attached hydrogens (tertiary/aromatic N) is 1. The summed E-state index contributed by atoms with van der Waals surface area (Å²) in [5.41, 5.74) is 0.147. The maximum Gasteiger partial charge on any atom is 0.249 e. The highest BCUT2D eigenvalue weighted by atomic mass is 19.1. The Hall–Kier alpha value is -2.22. The van der Waals surface area contributed by atoms with E-state index in [9.17, 15) is 18.4 Å². The van der Waals surface area contributed by atoms with Gasteiger partial charge in [-0.3, -0.25) is 14.9 Å². The van der Waals surface area contributed by atoms with E-state index in [0.717, 1.165) is 0 Å². The Kier molecular flexibility index (Phi) is 9.71. The van der Waals surface area contributed by atoms with Crippen LogP contribution < -0.4 is 20.9 Å². The van der Waals surface area contributed by atoms with Crippen LogP contribution in [-0.4, -0.2) is 44.0 Å². The van der Waals surface area contributed by atoms with Crippen molar-refractivity contribution in [2.45, 2.75) is 46.6 Å². The number of hydrogen-bond acceptors (Lipinski definition) is 5. The predicted octanol–water partition coefficient (Wildman–Crippen LogP) is 2.64. The number of carbonyl (C=O) groups is 2. The van der Waals surface area contributed by atoms with Gasteiger partial charge in [0.25, 0.3) is 0 Å². The molecule has 0 radical (unpaired) electrons. The van der Waals surface area contributed by atoms with E-state index in [0.29, 0.717) is 32.6 Å². The van der Waals surface area contributed by atoms with Gasteiger partial charge in [0.2, 0.25) is 11.8 Å². The monoisotopic (exact) mass is 384 g/mol. The van der Waals surface area contributed by atoms with Crippen molar-refractivity contribution in [3.05, 3.63) is 23.8 Å². The highest BCUT2D eigenvalue weighted by Crippen LogP contribution is 2.28. The Morgan fingerprint density at radius 3 is 2.11 bits per heavy atom. The van der Waals surface area contributed by atoms with Gasteiger partial charge >= 0.3 is 0 Å². The lowest BCUT2D eigenvalue weighted by atomic mass is 10.1. The van der Waals surface area contributed by atoms with Crippen LogP contribution in [0.2, 0.25) is 0 Å². The standard InChI is InChI=1S/C15H18F2N4O2.2C2H6/c16-10-7-9(19-12-1-2-13(22)20-15(12)23)8-11(17)14(10)21-5-3-18-4-6-21;2*1-2/h7-8,12,18-19H,1-6H2,(H,20,22,23);2*1-2H3. The number of piperazine rings is 1. The maximum absolute atomic E-state index is 14.3. The molecular weight excluding hydrogens is 354 g/mol. The van der Waals surface area contributed by atoms with Gasteiger partial charge < -0.3 is 15.5 Å². The molecular formula is C19H30F2N4O2. The van der Waals surface area contributed by atoms with Crippen molar-refractivity contribution >= 4 is 23.2 Å². The summed E-state index contributed by atoms with van der Waals surface area (Å²) in [6.07, 6.45) is 0.501. The normalized spacial score (nSPS) is 19.2. The molecule has 1 aromatic carbocycles. The Morgan fingerprint density at radius 2 is 1.59 bits per heavy atom. The van der Waals surface area contributed by atoms with Crippen LogP contribution >= 0.6 is 0 Å². The molecule has 0 bridgehead atoms. The molecule has 1 atom stereocenters. The van der Waals surface area contributed by atoms with Gasteiger partial charge in [-0.25, -0.2) is 8.78 Å². The summed E-state index contributed by atoms with van der Waals surface area (Å²) in [6.45, 7) is 10.4. The van der Waals surface area contributed by atoms with Crippen molar-refractivity contribution in [2.75, 3.05) is 36.4 Å². The van der Waals surface area contributed by atoms with Crippen molar-refractivity contribution in [3.8, 4) is 0 Å². The van der Waals surface area contributed by atoms with Gasteiger partial charge in [-0.05, 0) is 18.6 Å². The lowest BCUT2D eigenvalue weighted by molar-refractivity contribution is -0.133. The zero-order valence-electron chi connectivity index (χ0n) is 16.5. The van der Waals surface area contributed by atoms with Gasteiger partial charge in [-0.15, -0.1) is 0 Å². The van der Waals surface area contributed by atoms with Gasteiger partial charge in [0.15, 0.2) is 11.6 Å².